The van der Waals surface area contributed by atoms with Gasteiger partial charge >= 0.3 is 0 Å². The Morgan fingerprint density at radius 1 is 1.47 bits per heavy atom. The van der Waals surface area contributed by atoms with Crippen LogP contribution in [0.15, 0.2) is 12.1 Å². The molecule has 1 fully saturated rings. The summed E-state index contributed by atoms with van der Waals surface area (Å²) in [6.45, 7) is 1.80. The first-order valence-corrected chi connectivity index (χ1v) is 4.84. The molecule has 4 heteroatoms. The van der Waals surface area contributed by atoms with Gasteiger partial charge < -0.3 is 10.8 Å². The normalized spacial score (nSPS) is 17.0. The predicted octanol–water partition coefficient (Wildman–Crippen LogP) is 2.67. The Hall–Kier alpha value is -0.800. The van der Waals surface area contributed by atoms with Crippen LogP contribution in [0.1, 0.15) is 30.0 Å². The van der Waals surface area contributed by atoms with E-state index in [1.165, 1.54) is 6.07 Å². The van der Waals surface area contributed by atoms with E-state index < -0.39 is 5.82 Å². The summed E-state index contributed by atoms with van der Waals surface area (Å²) < 4.78 is 13.2. The lowest BCUT2D eigenvalue weighted by Crippen LogP contribution is -2.13. The molecule has 0 aliphatic heterocycles. The van der Waals surface area contributed by atoms with Gasteiger partial charge in [-0.25, -0.2) is 4.39 Å². The minimum Gasteiger partial charge on any atom is -0.505 e. The van der Waals surface area contributed by atoms with Crippen molar-refractivity contribution in [3.63, 3.8) is 0 Å². The van der Waals surface area contributed by atoms with E-state index in [2.05, 4.69) is 0 Å². The number of hydrogen-bond acceptors (Lipinski definition) is 2. The quantitative estimate of drug-likeness (QED) is 0.822. The first-order chi connectivity index (χ1) is 6.59. The van der Waals surface area contributed by atoms with Crippen molar-refractivity contribution >= 4 is 12.4 Å². The number of halogens is 2. The molecule has 84 valence electrons. The van der Waals surface area contributed by atoms with E-state index in [0.29, 0.717) is 11.5 Å². The lowest BCUT2D eigenvalue weighted by molar-refractivity contribution is 0.416. The lowest BCUT2D eigenvalue weighted by atomic mass is 10.00. The summed E-state index contributed by atoms with van der Waals surface area (Å²) in [6.07, 6.45) is 2.16. The second kappa shape index (κ2) is 4.37. The molecule has 1 saturated carbocycles. The zero-order valence-electron chi connectivity index (χ0n) is 8.53. The highest BCUT2D eigenvalue weighted by molar-refractivity contribution is 5.85. The van der Waals surface area contributed by atoms with Crippen molar-refractivity contribution in [2.24, 2.45) is 11.7 Å². The molecule has 2 rings (SSSR count). The Kier molecular flexibility index (Phi) is 3.58. The van der Waals surface area contributed by atoms with Crippen molar-refractivity contribution in [3.8, 4) is 5.75 Å². The highest BCUT2D eigenvalue weighted by atomic mass is 35.5. The summed E-state index contributed by atoms with van der Waals surface area (Å²) in [5, 5.41) is 9.51. The maximum absolute atomic E-state index is 13.2. The second-order valence-corrected chi connectivity index (χ2v) is 4.05. The number of nitrogens with two attached hydrogens (primary N) is 1. The largest absolute Gasteiger partial charge is 0.505 e. The molecule has 0 unspecified atom stereocenters. The fourth-order valence-electron chi connectivity index (χ4n) is 1.72. The van der Waals surface area contributed by atoms with Gasteiger partial charge in [0.2, 0.25) is 0 Å². The third-order valence-corrected chi connectivity index (χ3v) is 2.73. The number of hydrogen-bond donors (Lipinski definition) is 2. The molecule has 15 heavy (non-hydrogen) atoms. The third-order valence-electron chi connectivity index (χ3n) is 2.73. The summed E-state index contributed by atoms with van der Waals surface area (Å²) in [4.78, 5) is 0. The average molecular weight is 232 g/mol. The van der Waals surface area contributed by atoms with Gasteiger partial charge in [-0.1, -0.05) is 6.07 Å². The Morgan fingerprint density at radius 3 is 2.60 bits per heavy atom. The number of aryl methyl sites for hydroxylation is 1. The number of aromatic hydroxyl groups is 1. The van der Waals surface area contributed by atoms with Gasteiger partial charge in [0.15, 0.2) is 11.6 Å². The van der Waals surface area contributed by atoms with Crippen LogP contribution >= 0.6 is 12.4 Å². The van der Waals surface area contributed by atoms with Gasteiger partial charge in [-0.05, 0) is 37.3 Å². The number of phenolic OH excluding ortho intramolecular Hbond substituents is 1. The standard InChI is InChI=1S/C11H14FNO.ClH/c1-6-4-8(10(13)7-2-3-7)11(14)9(12)5-6;/h4-5,7,10,14H,2-3,13H2,1H3;1H/t10-;/m0./s1. The molecule has 1 aromatic rings. The molecule has 0 aromatic heterocycles. The molecular weight excluding hydrogens is 217 g/mol. The molecule has 0 bridgehead atoms. The molecular formula is C11H15ClFNO. The smallest absolute Gasteiger partial charge is 0.165 e. The summed E-state index contributed by atoms with van der Waals surface area (Å²) in [7, 11) is 0. The molecule has 0 amide bonds. The van der Waals surface area contributed by atoms with Crippen molar-refractivity contribution in [2.45, 2.75) is 25.8 Å². The van der Waals surface area contributed by atoms with Gasteiger partial charge in [0, 0.05) is 11.6 Å². The zero-order valence-corrected chi connectivity index (χ0v) is 9.35. The van der Waals surface area contributed by atoms with Gasteiger partial charge in [-0.15, -0.1) is 12.4 Å². The highest BCUT2D eigenvalue weighted by Crippen LogP contribution is 2.42. The van der Waals surface area contributed by atoms with Crippen molar-refractivity contribution in [1.29, 1.82) is 0 Å². The van der Waals surface area contributed by atoms with Crippen molar-refractivity contribution < 1.29 is 9.50 Å². The van der Waals surface area contributed by atoms with Crippen LogP contribution in [0.4, 0.5) is 4.39 Å². The SMILES string of the molecule is Cc1cc(F)c(O)c([C@@H](N)C2CC2)c1.Cl. The topological polar surface area (TPSA) is 46.2 Å². The first-order valence-electron chi connectivity index (χ1n) is 4.84. The van der Waals surface area contributed by atoms with Crippen LogP contribution in [0.25, 0.3) is 0 Å². The van der Waals surface area contributed by atoms with E-state index in [0.717, 1.165) is 18.4 Å². The van der Waals surface area contributed by atoms with Crippen LogP contribution in [-0.4, -0.2) is 5.11 Å². The van der Waals surface area contributed by atoms with Crippen molar-refractivity contribution in [1.82, 2.24) is 0 Å². The summed E-state index contributed by atoms with van der Waals surface area (Å²) >= 11 is 0. The third kappa shape index (κ3) is 2.41. The fourth-order valence-corrected chi connectivity index (χ4v) is 1.72. The molecule has 0 heterocycles. The summed E-state index contributed by atoms with van der Waals surface area (Å²) in [5.41, 5.74) is 7.26. The molecule has 1 aliphatic rings. The maximum Gasteiger partial charge on any atom is 0.165 e. The lowest BCUT2D eigenvalue weighted by Gasteiger charge is -2.13. The van der Waals surface area contributed by atoms with Crippen molar-refractivity contribution in [2.75, 3.05) is 0 Å². The van der Waals surface area contributed by atoms with Crippen LogP contribution in [0.2, 0.25) is 0 Å². The number of phenols is 1. The van der Waals surface area contributed by atoms with E-state index in [-0.39, 0.29) is 24.2 Å². The summed E-state index contributed by atoms with van der Waals surface area (Å²) in [5.74, 6) is -0.437. The van der Waals surface area contributed by atoms with Crippen LogP contribution < -0.4 is 5.73 Å². The monoisotopic (exact) mass is 231 g/mol. The molecule has 3 N–H and O–H groups in total. The molecule has 0 spiro atoms. The number of benzene rings is 1. The number of rotatable bonds is 2. The fraction of sp³-hybridized carbons (Fsp3) is 0.455. The average Bonchev–Trinajstić information content (AvgIpc) is 2.93. The van der Waals surface area contributed by atoms with Crippen LogP contribution in [0.5, 0.6) is 5.75 Å². The molecule has 1 atom stereocenters. The van der Waals surface area contributed by atoms with Crippen LogP contribution in [0.3, 0.4) is 0 Å². The van der Waals surface area contributed by atoms with Crippen LogP contribution in [0, 0.1) is 18.7 Å². The molecule has 1 aliphatic carbocycles. The molecule has 1 aromatic carbocycles. The summed E-state index contributed by atoms with van der Waals surface area (Å²) in [6, 6.07) is 2.87. The van der Waals surface area contributed by atoms with E-state index in [1.807, 2.05) is 0 Å². The van der Waals surface area contributed by atoms with Gasteiger partial charge in [0.1, 0.15) is 0 Å². The Balaban J connectivity index is 0.00000112. The van der Waals surface area contributed by atoms with E-state index in [9.17, 15) is 9.50 Å². The van der Waals surface area contributed by atoms with E-state index in [4.69, 9.17) is 5.73 Å². The second-order valence-electron chi connectivity index (χ2n) is 4.05. The van der Waals surface area contributed by atoms with E-state index in [1.54, 1.807) is 13.0 Å². The minimum absolute atomic E-state index is 0. The first kappa shape index (κ1) is 12.3. The minimum atomic E-state index is -0.573. The van der Waals surface area contributed by atoms with E-state index >= 15 is 0 Å². The molecule has 0 saturated heterocycles. The maximum atomic E-state index is 13.2. The van der Waals surface area contributed by atoms with Gasteiger partial charge in [-0.2, -0.15) is 0 Å². The Labute approximate surface area is 94.7 Å². The molecule has 2 nitrogen and oxygen atoms in total. The Bertz CT molecular complexity index is 366. The van der Waals surface area contributed by atoms with Gasteiger partial charge in [0.05, 0.1) is 0 Å². The highest BCUT2D eigenvalue weighted by Gasteiger charge is 2.31. The Morgan fingerprint density at radius 2 is 2.07 bits per heavy atom. The predicted molar refractivity (Wildman–Crippen MR) is 59.7 cm³/mol. The van der Waals surface area contributed by atoms with Crippen molar-refractivity contribution in [3.05, 3.63) is 29.1 Å². The molecule has 0 radical (unpaired) electrons. The zero-order chi connectivity index (χ0) is 10.3. The van der Waals surface area contributed by atoms with Gasteiger partial charge in [-0.3, -0.25) is 0 Å². The van der Waals surface area contributed by atoms with Crippen LogP contribution in [-0.2, 0) is 0 Å². The van der Waals surface area contributed by atoms with Gasteiger partial charge in [0.25, 0.3) is 0 Å².